The summed E-state index contributed by atoms with van der Waals surface area (Å²) in [7, 11) is 0. The first-order valence-electron chi connectivity index (χ1n) is 44.1. The molecule has 2 aromatic heterocycles. The summed E-state index contributed by atoms with van der Waals surface area (Å²) in [4.78, 5) is 5.20. The van der Waals surface area contributed by atoms with Gasteiger partial charge in [0.15, 0.2) is 0 Å². The Morgan fingerprint density at radius 1 is 0.275 bits per heavy atom. The highest BCUT2D eigenvalue weighted by Gasteiger charge is 2.66. The first-order valence-corrected chi connectivity index (χ1v) is 44.9. The van der Waals surface area contributed by atoms with Crippen molar-refractivity contribution >= 4 is 87.6 Å². The lowest BCUT2D eigenvalue weighted by molar-refractivity contribution is -0.0570. The van der Waals surface area contributed by atoms with E-state index in [0.717, 1.165) is 45.1 Å². The average molecular weight is 1560 g/mol. The van der Waals surface area contributed by atoms with Crippen molar-refractivity contribution in [3.8, 4) is 89.0 Å². The summed E-state index contributed by atoms with van der Waals surface area (Å²) < 4.78 is 9.11. The molecule has 2 unspecified atom stereocenters. The summed E-state index contributed by atoms with van der Waals surface area (Å²) in [5.41, 5.74) is 37.2. The number of hydrogen-bond donors (Lipinski definition) is 0. The van der Waals surface area contributed by atoms with Crippen LogP contribution in [-0.2, 0) is 10.8 Å². The Balaban J connectivity index is 0.538. The number of fused-ring (bicyclic) bond motifs is 13. The molecule has 0 saturated heterocycles. The fourth-order valence-electron chi connectivity index (χ4n) is 26.8. The van der Waals surface area contributed by atoms with Gasteiger partial charge in [0.1, 0.15) is 11.2 Å². The zero-order chi connectivity index (χ0) is 78.5. The van der Waals surface area contributed by atoms with Gasteiger partial charge in [0.05, 0.1) is 11.4 Å². The van der Waals surface area contributed by atoms with Gasteiger partial charge in [-0.15, -0.1) is 11.3 Å². The molecule has 27 rings (SSSR count). The molecule has 0 N–H and O–H groups in total. The van der Waals surface area contributed by atoms with Crippen molar-refractivity contribution < 1.29 is 4.42 Å². The molecular weight excluding hydrogens is 1470 g/mol. The maximum absolute atomic E-state index is 6.45. The molecule has 5 atom stereocenters. The third-order valence-corrected chi connectivity index (χ3v) is 32.1. The average Bonchev–Trinajstić information content (AvgIpc) is 1.48. The second-order valence-electron chi connectivity index (χ2n) is 36.3. The van der Waals surface area contributed by atoms with Crippen LogP contribution in [0.4, 0.5) is 34.1 Å². The Bertz CT molecular complexity index is 7160. The van der Waals surface area contributed by atoms with Crippen LogP contribution in [-0.4, -0.2) is 0 Å². The van der Waals surface area contributed by atoms with Gasteiger partial charge < -0.3 is 14.2 Å². The third-order valence-electron chi connectivity index (χ3n) is 31.0. The molecule has 0 radical (unpaired) electrons. The Labute approximate surface area is 705 Å². The van der Waals surface area contributed by atoms with E-state index in [2.05, 4.69) is 380 Å². The van der Waals surface area contributed by atoms with Crippen LogP contribution in [0.5, 0.6) is 0 Å². The van der Waals surface area contributed by atoms with Gasteiger partial charge in [-0.1, -0.05) is 285 Å². The van der Waals surface area contributed by atoms with Gasteiger partial charge in [-0.3, -0.25) is 0 Å². The van der Waals surface area contributed by atoms with Crippen LogP contribution in [0, 0.1) is 47.3 Å². The van der Waals surface area contributed by atoms with E-state index in [1.807, 2.05) is 11.3 Å². The minimum Gasteiger partial charge on any atom is -0.456 e. The van der Waals surface area contributed by atoms with Gasteiger partial charge in [0, 0.05) is 75.7 Å². The molecule has 3 nitrogen and oxygen atoms in total. The summed E-state index contributed by atoms with van der Waals surface area (Å²) in [6.07, 6.45) is 11.8. The number of para-hydroxylation sites is 1. The molecule has 574 valence electrons. The summed E-state index contributed by atoms with van der Waals surface area (Å²) in [5, 5.41) is 4.96. The fraction of sp³-hybridized carbons (Fsp3) is 0.172. The first-order chi connectivity index (χ1) is 59.5. The third kappa shape index (κ3) is 10.1. The topological polar surface area (TPSA) is 19.6 Å². The lowest BCUT2D eigenvalue weighted by Crippen LogP contribution is -2.57. The van der Waals surface area contributed by atoms with Crippen molar-refractivity contribution in [1.82, 2.24) is 0 Å². The Morgan fingerprint density at radius 3 is 1.41 bits per heavy atom. The van der Waals surface area contributed by atoms with Crippen LogP contribution in [0.15, 0.2) is 374 Å². The molecule has 9 aliphatic rings. The highest BCUT2D eigenvalue weighted by atomic mass is 32.1. The second kappa shape index (κ2) is 26.8. The number of rotatable bonds is 13. The second-order valence-corrected chi connectivity index (χ2v) is 37.4. The van der Waals surface area contributed by atoms with E-state index in [0.29, 0.717) is 41.4 Å². The standard InChI is InChI=1S/C116H88N2OS/c1-2-22-72(23-3-1)77-25-17-27-88(70-77)118(87-60-53-74(54-61-87)89-28-4-6-30-91(89)93-36-18-45-107-111(93)97-34-10-14-44-106(97)119-107)105-43-20-40-101-113(105)95-32-8-12-38-99(95)115(101)83-66-80-67-84(115)69-81(68-83)110(80)79-26-16-24-76(65-79)73-49-56-85(57-50-73)117(104-42-21-41-102-114(104)96-33-9-13-39-100(96)116(102)82-55-48-78-62-71(63-82)64-103(78)116)86-58-51-75(52-59-86)90-29-5-7-31-92(90)94-37-19-47-109-112(94)98-35-11-15-46-108(98)120-109/h1-47,49-54,56-61,65,70-71,78,80-84,103,110H,48,55,62-64,66-69H2/t71-,78?,80?,81?,82-,83?,84?,103+,110?,115?,116?/m0/s1. The molecular formula is C116H88N2OS. The fourth-order valence-corrected chi connectivity index (χ4v) is 27.9. The number of thiophene rings is 1. The van der Waals surface area contributed by atoms with Crippen LogP contribution >= 0.6 is 11.3 Å². The zero-order valence-corrected chi connectivity index (χ0v) is 67.8. The summed E-state index contributed by atoms with van der Waals surface area (Å²) in [5.74, 6) is 5.86. The maximum atomic E-state index is 6.45. The van der Waals surface area contributed by atoms with Gasteiger partial charge in [-0.2, -0.15) is 0 Å². The van der Waals surface area contributed by atoms with E-state index >= 15 is 0 Å². The number of hydrogen-bond acceptors (Lipinski definition) is 4. The number of anilines is 6. The minimum absolute atomic E-state index is 0.0561. The molecule has 0 aliphatic heterocycles. The van der Waals surface area contributed by atoms with E-state index in [4.69, 9.17) is 4.42 Å². The van der Waals surface area contributed by atoms with Crippen molar-refractivity contribution in [2.45, 2.75) is 74.5 Å². The molecule has 0 amide bonds. The lowest BCUT2D eigenvalue weighted by atomic mass is 9.40. The molecule has 16 aromatic carbocycles. The number of benzene rings is 16. The molecule has 120 heavy (non-hydrogen) atoms. The summed E-state index contributed by atoms with van der Waals surface area (Å²) >= 11 is 1.89. The van der Waals surface area contributed by atoms with Crippen molar-refractivity contribution in [1.29, 1.82) is 0 Å². The SMILES string of the molecule is c1ccc(-c2cccc(N(c3ccc(-c4ccccc4-c4cccc5oc6ccccc6c45)cc3)c3cccc4c3-c3ccccc3C43C4CC5CC3CC(C4)C5c3cccc(-c4ccc(N(c5ccc(-c6ccccc6-c6cccc7sc8ccccc8c67)cc5)c5cccc6c5-c5ccccc5C65[C@H]6CCC7C[C@@H](C6)C[C@H]75)cc4)c3)c2)cc1. The minimum atomic E-state index is -0.0747. The number of furan rings is 1. The van der Waals surface area contributed by atoms with E-state index in [-0.39, 0.29) is 10.8 Å². The maximum Gasteiger partial charge on any atom is 0.136 e. The lowest BCUT2D eigenvalue weighted by Gasteiger charge is -2.63. The predicted molar refractivity (Wildman–Crippen MR) is 500 cm³/mol. The Kier molecular flexibility index (Phi) is 15.5. The molecule has 7 bridgehead atoms. The summed E-state index contributed by atoms with van der Waals surface area (Å²) in [6, 6.07) is 142. The summed E-state index contributed by atoms with van der Waals surface area (Å²) in [6.45, 7) is 0. The van der Waals surface area contributed by atoms with Gasteiger partial charge in [0.2, 0.25) is 0 Å². The van der Waals surface area contributed by atoms with Crippen molar-refractivity contribution in [3.05, 3.63) is 398 Å². The normalized spacial score (nSPS) is 22.9. The van der Waals surface area contributed by atoms with E-state index in [1.165, 1.54) is 201 Å². The van der Waals surface area contributed by atoms with Crippen LogP contribution in [0.25, 0.3) is 131 Å². The van der Waals surface area contributed by atoms with Crippen molar-refractivity contribution in [2.24, 2.45) is 47.3 Å². The van der Waals surface area contributed by atoms with Crippen molar-refractivity contribution in [3.63, 3.8) is 0 Å². The molecule has 2 heterocycles. The van der Waals surface area contributed by atoms with Crippen LogP contribution in [0.3, 0.4) is 0 Å². The molecule has 4 heteroatoms. The van der Waals surface area contributed by atoms with E-state index in [1.54, 1.807) is 16.7 Å². The smallest absolute Gasteiger partial charge is 0.136 e. The molecule has 9 aliphatic carbocycles. The van der Waals surface area contributed by atoms with E-state index in [9.17, 15) is 0 Å². The predicted octanol–water partition coefficient (Wildman–Crippen LogP) is 31.7. The van der Waals surface area contributed by atoms with Gasteiger partial charge >= 0.3 is 0 Å². The zero-order valence-electron chi connectivity index (χ0n) is 67.0. The Morgan fingerprint density at radius 2 is 0.742 bits per heavy atom. The molecule has 7 fully saturated rings. The van der Waals surface area contributed by atoms with Crippen LogP contribution in [0.1, 0.15) is 91.5 Å². The molecule has 7 saturated carbocycles. The monoisotopic (exact) mass is 1560 g/mol. The largest absolute Gasteiger partial charge is 0.456 e. The van der Waals surface area contributed by atoms with Gasteiger partial charge in [-0.25, -0.2) is 0 Å². The van der Waals surface area contributed by atoms with Crippen LogP contribution < -0.4 is 9.80 Å². The highest BCUT2D eigenvalue weighted by Crippen LogP contribution is 2.75. The van der Waals surface area contributed by atoms with Gasteiger partial charge in [-0.05, 0) is 302 Å². The van der Waals surface area contributed by atoms with E-state index < -0.39 is 0 Å². The Hall–Kier alpha value is -12.9. The molecule has 2 spiro atoms. The highest BCUT2D eigenvalue weighted by molar-refractivity contribution is 7.26. The first kappa shape index (κ1) is 69.1. The van der Waals surface area contributed by atoms with Gasteiger partial charge in [0.25, 0.3) is 0 Å². The van der Waals surface area contributed by atoms with Crippen LogP contribution in [0.2, 0.25) is 0 Å². The number of nitrogens with zero attached hydrogens (tertiary/aromatic N) is 2. The quantitative estimate of drug-likeness (QED) is 0.115. The van der Waals surface area contributed by atoms with Crippen molar-refractivity contribution in [2.75, 3.05) is 9.80 Å². The molecule has 18 aromatic rings.